The van der Waals surface area contributed by atoms with Gasteiger partial charge >= 0.3 is 0 Å². The predicted molar refractivity (Wildman–Crippen MR) is 58.8 cm³/mol. The Morgan fingerprint density at radius 3 is 2.81 bits per heavy atom. The summed E-state index contributed by atoms with van der Waals surface area (Å²) < 4.78 is 13.5. The summed E-state index contributed by atoms with van der Waals surface area (Å²) in [6.45, 7) is 0. The van der Waals surface area contributed by atoms with E-state index in [-0.39, 0.29) is 5.82 Å². The molecule has 2 rings (SSSR count). The summed E-state index contributed by atoms with van der Waals surface area (Å²) >= 11 is 0. The molecule has 1 aromatic heterocycles. The van der Waals surface area contributed by atoms with E-state index in [1.807, 2.05) is 6.07 Å². The van der Waals surface area contributed by atoms with E-state index >= 15 is 0 Å². The molecule has 0 bridgehead atoms. The van der Waals surface area contributed by atoms with Crippen molar-refractivity contribution in [3.05, 3.63) is 48.0 Å². The molecule has 1 aromatic carbocycles. The summed E-state index contributed by atoms with van der Waals surface area (Å²) in [5.41, 5.74) is 7.34. The van der Waals surface area contributed by atoms with Crippen molar-refractivity contribution >= 4 is 5.69 Å². The van der Waals surface area contributed by atoms with Gasteiger partial charge in [0, 0.05) is 29.2 Å². The van der Waals surface area contributed by atoms with Crippen LogP contribution in [-0.4, -0.2) is 4.98 Å². The maximum atomic E-state index is 13.5. The van der Waals surface area contributed by atoms with Crippen molar-refractivity contribution in [3.63, 3.8) is 0 Å². The van der Waals surface area contributed by atoms with Crippen molar-refractivity contribution in [1.82, 2.24) is 4.98 Å². The van der Waals surface area contributed by atoms with Crippen LogP contribution in [0.5, 0.6) is 0 Å². The Balaban J connectivity index is 2.58. The van der Waals surface area contributed by atoms with E-state index in [2.05, 4.69) is 4.98 Å². The van der Waals surface area contributed by atoms with E-state index in [9.17, 15) is 4.39 Å². The highest BCUT2D eigenvalue weighted by Crippen LogP contribution is 2.24. The number of benzene rings is 1. The summed E-state index contributed by atoms with van der Waals surface area (Å²) in [7, 11) is 0. The molecular weight excluding hydrogens is 205 g/mol. The summed E-state index contributed by atoms with van der Waals surface area (Å²) in [6.07, 6.45) is 2.92. The Labute approximate surface area is 92.0 Å². The van der Waals surface area contributed by atoms with E-state index < -0.39 is 0 Å². The molecule has 0 spiro atoms. The lowest BCUT2D eigenvalue weighted by Crippen LogP contribution is -1.90. The molecule has 0 atom stereocenters. The molecule has 4 heteroatoms. The Morgan fingerprint density at radius 1 is 1.25 bits per heavy atom. The van der Waals surface area contributed by atoms with Crippen molar-refractivity contribution in [3.8, 4) is 17.2 Å². The highest BCUT2D eigenvalue weighted by Gasteiger charge is 2.06. The van der Waals surface area contributed by atoms with Crippen LogP contribution >= 0.6 is 0 Å². The van der Waals surface area contributed by atoms with Crippen LogP contribution in [0.1, 0.15) is 5.56 Å². The monoisotopic (exact) mass is 213 g/mol. The van der Waals surface area contributed by atoms with Crippen LogP contribution in [0.2, 0.25) is 0 Å². The van der Waals surface area contributed by atoms with Gasteiger partial charge in [0.1, 0.15) is 11.9 Å². The van der Waals surface area contributed by atoms with Crippen LogP contribution in [0.3, 0.4) is 0 Å². The van der Waals surface area contributed by atoms with Gasteiger partial charge in [0.25, 0.3) is 0 Å². The molecule has 0 aliphatic rings. The third kappa shape index (κ3) is 1.84. The second kappa shape index (κ2) is 3.99. The number of nitrogens with zero attached hydrogens (tertiary/aromatic N) is 2. The van der Waals surface area contributed by atoms with Crippen molar-refractivity contribution in [2.45, 2.75) is 0 Å². The standard InChI is InChI=1S/C12H8FN3/c13-12-2-1-10(15)4-11(12)9-3-8(5-14)6-16-7-9/h1-4,6-7H,15H2. The quantitative estimate of drug-likeness (QED) is 0.739. The van der Waals surface area contributed by atoms with E-state index in [4.69, 9.17) is 11.0 Å². The van der Waals surface area contributed by atoms with Gasteiger partial charge in [0.15, 0.2) is 0 Å². The average Bonchev–Trinajstić information content (AvgIpc) is 2.32. The summed E-state index contributed by atoms with van der Waals surface area (Å²) in [4.78, 5) is 3.87. The van der Waals surface area contributed by atoms with Gasteiger partial charge in [-0.15, -0.1) is 0 Å². The Morgan fingerprint density at radius 2 is 2.06 bits per heavy atom. The first-order valence-electron chi connectivity index (χ1n) is 4.61. The minimum Gasteiger partial charge on any atom is -0.399 e. The predicted octanol–water partition coefficient (Wildman–Crippen LogP) is 2.34. The van der Waals surface area contributed by atoms with E-state index in [1.54, 1.807) is 6.07 Å². The van der Waals surface area contributed by atoms with E-state index in [1.165, 1.54) is 30.6 Å². The van der Waals surface area contributed by atoms with Crippen LogP contribution in [0.15, 0.2) is 36.7 Å². The third-order valence-corrected chi connectivity index (χ3v) is 2.17. The lowest BCUT2D eigenvalue weighted by molar-refractivity contribution is 0.631. The van der Waals surface area contributed by atoms with E-state index in [0.717, 1.165) is 0 Å². The smallest absolute Gasteiger partial charge is 0.131 e. The van der Waals surface area contributed by atoms with Crippen molar-refractivity contribution in [2.24, 2.45) is 0 Å². The van der Waals surface area contributed by atoms with Crippen molar-refractivity contribution < 1.29 is 4.39 Å². The zero-order chi connectivity index (χ0) is 11.5. The minimum absolute atomic E-state index is 0.351. The molecule has 0 amide bonds. The zero-order valence-corrected chi connectivity index (χ0v) is 8.31. The number of aromatic nitrogens is 1. The maximum absolute atomic E-state index is 13.5. The molecule has 2 aromatic rings. The number of anilines is 1. The number of pyridine rings is 1. The second-order valence-corrected chi connectivity index (χ2v) is 3.31. The summed E-state index contributed by atoms with van der Waals surface area (Å²) in [6, 6.07) is 7.83. The zero-order valence-electron chi connectivity index (χ0n) is 8.31. The Kier molecular flexibility index (Phi) is 2.52. The van der Waals surface area contributed by atoms with Gasteiger partial charge in [-0.3, -0.25) is 4.98 Å². The molecule has 0 fully saturated rings. The molecule has 0 unspecified atom stereocenters. The molecule has 0 aliphatic heterocycles. The van der Waals surface area contributed by atoms with Gasteiger partial charge in [0.2, 0.25) is 0 Å². The maximum Gasteiger partial charge on any atom is 0.131 e. The lowest BCUT2D eigenvalue weighted by atomic mass is 10.1. The van der Waals surface area contributed by atoms with Crippen LogP contribution < -0.4 is 5.73 Å². The molecule has 0 aliphatic carbocycles. The van der Waals surface area contributed by atoms with Crippen LogP contribution in [0.4, 0.5) is 10.1 Å². The third-order valence-electron chi connectivity index (χ3n) is 2.17. The van der Waals surface area contributed by atoms with Crippen LogP contribution in [0, 0.1) is 17.1 Å². The molecular formula is C12H8FN3. The highest BCUT2D eigenvalue weighted by molar-refractivity contribution is 5.68. The normalized spacial score (nSPS) is 9.75. The number of halogens is 1. The number of hydrogen-bond donors (Lipinski definition) is 1. The molecule has 1 heterocycles. The second-order valence-electron chi connectivity index (χ2n) is 3.31. The topological polar surface area (TPSA) is 62.7 Å². The largest absolute Gasteiger partial charge is 0.399 e. The minimum atomic E-state index is -0.383. The fourth-order valence-corrected chi connectivity index (χ4v) is 1.41. The van der Waals surface area contributed by atoms with Gasteiger partial charge in [-0.05, 0) is 24.3 Å². The molecule has 0 saturated carbocycles. The molecule has 3 nitrogen and oxygen atoms in total. The van der Waals surface area contributed by atoms with Crippen molar-refractivity contribution in [2.75, 3.05) is 5.73 Å². The molecule has 0 saturated heterocycles. The molecule has 78 valence electrons. The molecule has 2 N–H and O–H groups in total. The number of nitriles is 1. The number of rotatable bonds is 1. The van der Waals surface area contributed by atoms with Gasteiger partial charge < -0.3 is 5.73 Å². The van der Waals surface area contributed by atoms with Crippen LogP contribution in [-0.2, 0) is 0 Å². The first kappa shape index (κ1) is 10.1. The average molecular weight is 213 g/mol. The fourth-order valence-electron chi connectivity index (χ4n) is 1.41. The van der Waals surface area contributed by atoms with Gasteiger partial charge in [-0.2, -0.15) is 5.26 Å². The number of hydrogen-bond acceptors (Lipinski definition) is 3. The van der Waals surface area contributed by atoms with E-state index in [0.29, 0.717) is 22.4 Å². The molecule has 0 radical (unpaired) electrons. The summed E-state index contributed by atoms with van der Waals surface area (Å²) in [5.74, 6) is -0.383. The van der Waals surface area contributed by atoms with Crippen molar-refractivity contribution in [1.29, 1.82) is 5.26 Å². The SMILES string of the molecule is N#Cc1cncc(-c2cc(N)ccc2F)c1. The fraction of sp³-hybridized carbons (Fsp3) is 0. The molecule has 16 heavy (non-hydrogen) atoms. The number of nitrogens with two attached hydrogens (primary N) is 1. The first-order chi connectivity index (χ1) is 7.70. The van der Waals surface area contributed by atoms with Crippen LogP contribution in [0.25, 0.3) is 11.1 Å². The Hall–Kier alpha value is -2.41. The first-order valence-corrected chi connectivity index (χ1v) is 4.61. The van der Waals surface area contributed by atoms with Gasteiger partial charge in [0.05, 0.1) is 5.56 Å². The highest BCUT2D eigenvalue weighted by atomic mass is 19.1. The summed E-state index contributed by atoms with van der Waals surface area (Å²) in [5, 5.41) is 8.72. The lowest BCUT2D eigenvalue weighted by Gasteiger charge is -2.04. The number of nitrogen functional groups attached to an aromatic ring is 1. The van der Waals surface area contributed by atoms with Gasteiger partial charge in [-0.1, -0.05) is 0 Å². The Bertz CT molecular complexity index is 573. The van der Waals surface area contributed by atoms with Gasteiger partial charge in [-0.25, -0.2) is 4.39 Å².